The third-order valence-corrected chi connectivity index (χ3v) is 2.80. The number of rotatable bonds is 3. The molecule has 0 spiro atoms. The maximum Gasteiger partial charge on any atom is 0.0995 e. The van der Waals surface area contributed by atoms with Gasteiger partial charge in [-0.2, -0.15) is 0 Å². The molecule has 0 fully saturated rings. The third kappa shape index (κ3) is 1.88. The summed E-state index contributed by atoms with van der Waals surface area (Å²) in [5.41, 5.74) is 9.32. The second-order valence-electron chi connectivity index (χ2n) is 4.16. The zero-order chi connectivity index (χ0) is 10.8. The van der Waals surface area contributed by atoms with Gasteiger partial charge in [0.05, 0.1) is 17.5 Å². The molecule has 2 N–H and O–H groups in total. The Bertz CT molecular complexity index is 459. The van der Waals surface area contributed by atoms with Crippen LogP contribution < -0.4 is 5.73 Å². The number of nitrogens with zero attached hydrogens (tertiary/aromatic N) is 2. The lowest BCUT2D eigenvalue weighted by atomic mass is 10.0. The van der Waals surface area contributed by atoms with Crippen molar-refractivity contribution < 1.29 is 0 Å². The fourth-order valence-corrected chi connectivity index (χ4v) is 1.92. The van der Waals surface area contributed by atoms with Crippen LogP contribution in [0.5, 0.6) is 0 Å². The standard InChI is InChI=1S/C12H17N3/c1-9(7-13)6-11-4-3-5-15-8-14-10(2)12(11)15/h3-5,8-9H,6-7,13H2,1-2H3. The summed E-state index contributed by atoms with van der Waals surface area (Å²) < 4.78 is 2.08. The maximum atomic E-state index is 5.65. The van der Waals surface area contributed by atoms with Gasteiger partial charge in [0.1, 0.15) is 0 Å². The number of fused-ring (bicyclic) bond motifs is 1. The highest BCUT2D eigenvalue weighted by atomic mass is 15.0. The molecule has 0 bridgehead atoms. The van der Waals surface area contributed by atoms with Crippen molar-refractivity contribution in [3.8, 4) is 0 Å². The van der Waals surface area contributed by atoms with Crippen LogP contribution in [0.25, 0.3) is 5.52 Å². The fourth-order valence-electron chi connectivity index (χ4n) is 1.92. The van der Waals surface area contributed by atoms with Gasteiger partial charge >= 0.3 is 0 Å². The van der Waals surface area contributed by atoms with Gasteiger partial charge in [0.15, 0.2) is 0 Å². The highest BCUT2D eigenvalue weighted by Gasteiger charge is 2.08. The van der Waals surface area contributed by atoms with Gasteiger partial charge in [-0.1, -0.05) is 13.0 Å². The Balaban J connectivity index is 2.45. The molecule has 80 valence electrons. The lowest BCUT2D eigenvalue weighted by molar-refractivity contribution is 0.594. The van der Waals surface area contributed by atoms with Gasteiger partial charge in [0, 0.05) is 6.20 Å². The summed E-state index contributed by atoms with van der Waals surface area (Å²) in [5, 5.41) is 0. The number of hydrogen-bond donors (Lipinski definition) is 1. The number of hydrogen-bond acceptors (Lipinski definition) is 2. The minimum atomic E-state index is 0.519. The van der Waals surface area contributed by atoms with E-state index in [1.165, 1.54) is 11.1 Å². The monoisotopic (exact) mass is 203 g/mol. The van der Waals surface area contributed by atoms with Crippen LogP contribution in [0.15, 0.2) is 24.7 Å². The lowest BCUT2D eigenvalue weighted by Crippen LogP contribution is -2.13. The Kier molecular flexibility index (Phi) is 2.73. The van der Waals surface area contributed by atoms with E-state index in [1.807, 2.05) is 19.4 Å². The lowest BCUT2D eigenvalue weighted by Gasteiger charge is -2.10. The molecule has 0 aliphatic heterocycles. The van der Waals surface area contributed by atoms with E-state index in [9.17, 15) is 0 Å². The second kappa shape index (κ2) is 4.03. The largest absolute Gasteiger partial charge is 0.330 e. The SMILES string of the molecule is Cc1ncn2cccc(CC(C)CN)c12. The molecule has 0 radical (unpaired) electrons. The quantitative estimate of drug-likeness (QED) is 0.826. The van der Waals surface area contributed by atoms with Crippen LogP contribution in [0.1, 0.15) is 18.2 Å². The minimum absolute atomic E-state index is 0.519. The van der Waals surface area contributed by atoms with E-state index < -0.39 is 0 Å². The molecular formula is C12H17N3. The first-order valence-electron chi connectivity index (χ1n) is 5.33. The normalized spacial score (nSPS) is 13.3. The maximum absolute atomic E-state index is 5.65. The van der Waals surface area contributed by atoms with Crippen LogP contribution in [0, 0.1) is 12.8 Å². The van der Waals surface area contributed by atoms with Gasteiger partial charge in [0.2, 0.25) is 0 Å². The molecule has 0 saturated carbocycles. The van der Waals surface area contributed by atoms with Crippen molar-refractivity contribution in [2.45, 2.75) is 20.3 Å². The number of imidazole rings is 1. The summed E-state index contributed by atoms with van der Waals surface area (Å²) in [6.07, 6.45) is 4.92. The molecule has 2 heterocycles. The van der Waals surface area contributed by atoms with Crippen LogP contribution in [0.2, 0.25) is 0 Å². The summed E-state index contributed by atoms with van der Waals surface area (Å²) in [4.78, 5) is 4.32. The second-order valence-corrected chi connectivity index (χ2v) is 4.16. The first-order valence-corrected chi connectivity index (χ1v) is 5.33. The van der Waals surface area contributed by atoms with Crippen molar-refractivity contribution in [2.75, 3.05) is 6.54 Å². The summed E-state index contributed by atoms with van der Waals surface area (Å²) in [7, 11) is 0. The summed E-state index contributed by atoms with van der Waals surface area (Å²) in [5.74, 6) is 0.519. The van der Waals surface area contributed by atoms with Crippen molar-refractivity contribution in [3.05, 3.63) is 35.9 Å². The molecule has 2 rings (SSSR count). The zero-order valence-corrected chi connectivity index (χ0v) is 9.27. The number of aryl methyl sites for hydroxylation is 1. The Hall–Kier alpha value is -1.35. The first kappa shape index (κ1) is 10.2. The molecule has 0 saturated heterocycles. The van der Waals surface area contributed by atoms with Crippen molar-refractivity contribution >= 4 is 5.52 Å². The van der Waals surface area contributed by atoms with E-state index in [1.54, 1.807) is 0 Å². The van der Waals surface area contributed by atoms with E-state index in [-0.39, 0.29) is 0 Å². The number of aromatic nitrogens is 2. The summed E-state index contributed by atoms with van der Waals surface area (Å²) >= 11 is 0. The Morgan fingerprint density at radius 2 is 2.33 bits per heavy atom. The first-order chi connectivity index (χ1) is 7.22. The molecule has 0 aliphatic rings. The average molecular weight is 203 g/mol. The van der Waals surface area contributed by atoms with Crippen molar-refractivity contribution in [3.63, 3.8) is 0 Å². The van der Waals surface area contributed by atoms with Crippen molar-refractivity contribution in [2.24, 2.45) is 11.7 Å². The van der Waals surface area contributed by atoms with Crippen LogP contribution in [0.3, 0.4) is 0 Å². The Morgan fingerprint density at radius 1 is 1.53 bits per heavy atom. The summed E-state index contributed by atoms with van der Waals surface area (Å²) in [6.45, 7) is 4.95. The highest BCUT2D eigenvalue weighted by molar-refractivity contribution is 5.58. The molecule has 2 aromatic heterocycles. The van der Waals surface area contributed by atoms with E-state index in [0.717, 1.165) is 18.7 Å². The van der Waals surface area contributed by atoms with Crippen LogP contribution >= 0.6 is 0 Å². The molecule has 3 nitrogen and oxygen atoms in total. The minimum Gasteiger partial charge on any atom is -0.330 e. The van der Waals surface area contributed by atoms with Crippen LogP contribution in [0.4, 0.5) is 0 Å². The van der Waals surface area contributed by atoms with Gasteiger partial charge in [-0.3, -0.25) is 0 Å². The van der Waals surface area contributed by atoms with Gasteiger partial charge in [-0.05, 0) is 37.4 Å². The fraction of sp³-hybridized carbons (Fsp3) is 0.417. The molecule has 15 heavy (non-hydrogen) atoms. The molecule has 3 heteroatoms. The zero-order valence-electron chi connectivity index (χ0n) is 9.27. The van der Waals surface area contributed by atoms with E-state index >= 15 is 0 Å². The topological polar surface area (TPSA) is 43.3 Å². The predicted molar refractivity (Wildman–Crippen MR) is 61.9 cm³/mol. The predicted octanol–water partition coefficient (Wildman–Crippen LogP) is 1.78. The molecule has 2 aromatic rings. The summed E-state index contributed by atoms with van der Waals surface area (Å²) in [6, 6.07) is 4.23. The number of nitrogens with two attached hydrogens (primary N) is 1. The smallest absolute Gasteiger partial charge is 0.0995 e. The van der Waals surface area contributed by atoms with E-state index in [2.05, 4.69) is 28.4 Å². The molecule has 1 atom stereocenters. The molecule has 0 amide bonds. The van der Waals surface area contributed by atoms with Gasteiger partial charge in [-0.25, -0.2) is 4.98 Å². The van der Waals surface area contributed by atoms with Gasteiger partial charge in [0.25, 0.3) is 0 Å². The Labute approximate surface area is 89.9 Å². The van der Waals surface area contributed by atoms with Crippen molar-refractivity contribution in [1.29, 1.82) is 0 Å². The highest BCUT2D eigenvalue weighted by Crippen LogP contribution is 2.17. The molecule has 1 unspecified atom stereocenters. The van der Waals surface area contributed by atoms with Gasteiger partial charge < -0.3 is 10.1 Å². The van der Waals surface area contributed by atoms with E-state index in [0.29, 0.717) is 5.92 Å². The van der Waals surface area contributed by atoms with E-state index in [4.69, 9.17) is 5.73 Å². The molecule has 0 aliphatic carbocycles. The van der Waals surface area contributed by atoms with Crippen LogP contribution in [-0.2, 0) is 6.42 Å². The molecule has 0 aromatic carbocycles. The number of pyridine rings is 1. The van der Waals surface area contributed by atoms with Crippen LogP contribution in [-0.4, -0.2) is 15.9 Å². The average Bonchev–Trinajstić information content (AvgIpc) is 2.61. The van der Waals surface area contributed by atoms with Crippen molar-refractivity contribution in [1.82, 2.24) is 9.38 Å². The molecular weight excluding hydrogens is 186 g/mol. The van der Waals surface area contributed by atoms with Gasteiger partial charge in [-0.15, -0.1) is 0 Å². The third-order valence-electron chi connectivity index (χ3n) is 2.80. The Morgan fingerprint density at radius 3 is 3.07 bits per heavy atom.